The lowest BCUT2D eigenvalue weighted by molar-refractivity contribution is -0.114. The fourth-order valence-corrected chi connectivity index (χ4v) is 4.50. The van der Waals surface area contributed by atoms with Gasteiger partial charge in [-0.25, -0.2) is 13.1 Å². The molecule has 0 radical (unpaired) electrons. The van der Waals surface area contributed by atoms with E-state index in [1.165, 1.54) is 13.0 Å². The van der Waals surface area contributed by atoms with Crippen LogP contribution in [-0.4, -0.2) is 26.9 Å². The normalized spacial score (nSPS) is 16.4. The van der Waals surface area contributed by atoms with Gasteiger partial charge in [-0.15, -0.1) is 0 Å². The quantitative estimate of drug-likeness (QED) is 0.689. The molecule has 0 spiro atoms. The first-order valence-corrected chi connectivity index (χ1v) is 9.32. The lowest BCUT2D eigenvalue weighted by atomic mass is 10.2. The van der Waals surface area contributed by atoms with Crippen molar-refractivity contribution < 1.29 is 13.2 Å². The SMILES string of the molecule is CC(=O)Nc1cc(C)c(S(=O)(=O)NC(CN)C2CC2)cc1Br. The Kier molecular flexibility index (Phi) is 5.26. The number of carbonyl (C=O) groups is 1. The molecule has 8 heteroatoms. The highest BCUT2D eigenvalue weighted by Gasteiger charge is 2.34. The molecule has 1 aliphatic rings. The Morgan fingerprint density at radius 1 is 1.45 bits per heavy atom. The maximum Gasteiger partial charge on any atom is 0.241 e. The van der Waals surface area contributed by atoms with Crippen LogP contribution in [0.5, 0.6) is 0 Å². The van der Waals surface area contributed by atoms with Gasteiger partial charge in [-0.1, -0.05) is 0 Å². The van der Waals surface area contributed by atoms with Gasteiger partial charge in [0, 0.05) is 24.0 Å². The smallest absolute Gasteiger partial charge is 0.241 e. The first-order valence-electron chi connectivity index (χ1n) is 7.04. The summed E-state index contributed by atoms with van der Waals surface area (Å²) in [7, 11) is -3.65. The molecule has 1 saturated carbocycles. The zero-order chi connectivity index (χ0) is 16.5. The topological polar surface area (TPSA) is 101 Å². The minimum atomic E-state index is -3.65. The predicted molar refractivity (Wildman–Crippen MR) is 89.1 cm³/mol. The summed E-state index contributed by atoms with van der Waals surface area (Å²) in [4.78, 5) is 11.3. The summed E-state index contributed by atoms with van der Waals surface area (Å²) in [6.07, 6.45) is 2.02. The number of carbonyl (C=O) groups excluding carboxylic acids is 1. The van der Waals surface area contributed by atoms with E-state index in [2.05, 4.69) is 26.0 Å². The zero-order valence-electron chi connectivity index (χ0n) is 12.5. The highest BCUT2D eigenvalue weighted by atomic mass is 79.9. The number of rotatable bonds is 6. The molecule has 4 N–H and O–H groups in total. The molecule has 1 aromatic carbocycles. The number of anilines is 1. The second-order valence-corrected chi connectivity index (χ2v) is 8.12. The lowest BCUT2D eigenvalue weighted by Crippen LogP contribution is -2.41. The molecule has 0 heterocycles. The van der Waals surface area contributed by atoms with E-state index in [1.54, 1.807) is 13.0 Å². The Morgan fingerprint density at radius 2 is 2.09 bits per heavy atom. The average Bonchev–Trinajstić information content (AvgIpc) is 3.23. The molecule has 1 fully saturated rings. The number of sulfonamides is 1. The van der Waals surface area contributed by atoms with Gasteiger partial charge in [0.2, 0.25) is 15.9 Å². The number of amides is 1. The van der Waals surface area contributed by atoms with Crippen LogP contribution in [0.2, 0.25) is 0 Å². The van der Waals surface area contributed by atoms with E-state index >= 15 is 0 Å². The van der Waals surface area contributed by atoms with Gasteiger partial charge in [-0.2, -0.15) is 0 Å². The van der Waals surface area contributed by atoms with Crippen LogP contribution in [0.15, 0.2) is 21.5 Å². The van der Waals surface area contributed by atoms with Crippen molar-refractivity contribution in [3.63, 3.8) is 0 Å². The highest BCUT2D eigenvalue weighted by Crippen LogP contribution is 2.34. The van der Waals surface area contributed by atoms with Crippen molar-refractivity contribution in [2.75, 3.05) is 11.9 Å². The molecule has 1 aromatic rings. The summed E-state index contributed by atoms with van der Waals surface area (Å²) in [5, 5.41) is 2.65. The highest BCUT2D eigenvalue weighted by molar-refractivity contribution is 9.10. The minimum Gasteiger partial charge on any atom is -0.329 e. The molecule has 22 heavy (non-hydrogen) atoms. The van der Waals surface area contributed by atoms with E-state index in [4.69, 9.17) is 5.73 Å². The minimum absolute atomic E-state index is 0.188. The van der Waals surface area contributed by atoms with E-state index in [-0.39, 0.29) is 23.4 Å². The summed E-state index contributed by atoms with van der Waals surface area (Å²) >= 11 is 3.30. The summed E-state index contributed by atoms with van der Waals surface area (Å²) in [6.45, 7) is 3.38. The maximum atomic E-state index is 12.6. The van der Waals surface area contributed by atoms with Crippen LogP contribution in [0.3, 0.4) is 0 Å². The summed E-state index contributed by atoms with van der Waals surface area (Å²) in [5.74, 6) is 0.118. The van der Waals surface area contributed by atoms with Crippen molar-refractivity contribution in [2.45, 2.75) is 37.6 Å². The second kappa shape index (κ2) is 6.66. The van der Waals surface area contributed by atoms with Crippen LogP contribution in [0.4, 0.5) is 5.69 Å². The zero-order valence-corrected chi connectivity index (χ0v) is 14.9. The Bertz CT molecular complexity index is 687. The third kappa shape index (κ3) is 4.07. The average molecular weight is 390 g/mol. The molecule has 1 unspecified atom stereocenters. The second-order valence-electron chi connectivity index (χ2n) is 5.58. The molecule has 0 aromatic heterocycles. The van der Waals surface area contributed by atoms with E-state index in [0.29, 0.717) is 21.6 Å². The van der Waals surface area contributed by atoms with Gasteiger partial charge in [0.1, 0.15) is 0 Å². The first kappa shape index (κ1) is 17.4. The van der Waals surface area contributed by atoms with Gasteiger partial charge in [0.05, 0.1) is 10.6 Å². The molecule has 1 aliphatic carbocycles. The predicted octanol–water partition coefficient (Wildman–Crippen LogP) is 1.73. The Balaban J connectivity index is 2.30. The van der Waals surface area contributed by atoms with E-state index in [1.807, 2.05) is 0 Å². The van der Waals surface area contributed by atoms with Crippen LogP contribution in [0.25, 0.3) is 0 Å². The third-order valence-electron chi connectivity index (χ3n) is 3.62. The monoisotopic (exact) mass is 389 g/mol. The number of hydrogen-bond acceptors (Lipinski definition) is 4. The number of halogens is 1. The van der Waals surface area contributed by atoms with E-state index in [9.17, 15) is 13.2 Å². The van der Waals surface area contributed by atoms with Crippen molar-refractivity contribution in [1.82, 2.24) is 4.72 Å². The molecular weight excluding hydrogens is 370 g/mol. The first-order chi connectivity index (χ1) is 10.2. The lowest BCUT2D eigenvalue weighted by Gasteiger charge is -2.18. The molecule has 2 rings (SSSR count). The van der Waals surface area contributed by atoms with Gasteiger partial charge >= 0.3 is 0 Å². The molecular formula is C14H20BrN3O3S. The number of aryl methyl sites for hydroxylation is 1. The van der Waals surface area contributed by atoms with Crippen molar-refractivity contribution in [1.29, 1.82) is 0 Å². The van der Waals surface area contributed by atoms with E-state index in [0.717, 1.165) is 12.8 Å². The number of nitrogens with one attached hydrogen (secondary N) is 2. The maximum absolute atomic E-state index is 12.6. The Morgan fingerprint density at radius 3 is 2.59 bits per heavy atom. The van der Waals surface area contributed by atoms with Gasteiger partial charge in [0.25, 0.3) is 0 Å². The molecule has 122 valence electrons. The van der Waals surface area contributed by atoms with Crippen LogP contribution in [-0.2, 0) is 14.8 Å². The number of nitrogens with two attached hydrogens (primary N) is 1. The van der Waals surface area contributed by atoms with Gasteiger partial charge < -0.3 is 11.1 Å². The van der Waals surface area contributed by atoms with Crippen molar-refractivity contribution in [3.05, 3.63) is 22.2 Å². The molecule has 1 atom stereocenters. The van der Waals surface area contributed by atoms with Crippen LogP contribution >= 0.6 is 15.9 Å². The Labute approximate surface area is 139 Å². The summed E-state index contributed by atoms with van der Waals surface area (Å²) in [6, 6.07) is 2.91. The summed E-state index contributed by atoms with van der Waals surface area (Å²) < 4.78 is 28.3. The summed E-state index contributed by atoms with van der Waals surface area (Å²) in [5.41, 5.74) is 6.77. The number of benzene rings is 1. The largest absolute Gasteiger partial charge is 0.329 e. The van der Waals surface area contributed by atoms with Crippen LogP contribution in [0, 0.1) is 12.8 Å². The van der Waals surface area contributed by atoms with Gasteiger partial charge in [-0.3, -0.25) is 4.79 Å². The fourth-order valence-electron chi connectivity index (χ4n) is 2.34. The Hall–Kier alpha value is -0.960. The van der Waals surface area contributed by atoms with Gasteiger partial charge in [0.15, 0.2) is 0 Å². The van der Waals surface area contributed by atoms with Gasteiger partial charge in [-0.05, 0) is 59.3 Å². The van der Waals surface area contributed by atoms with Crippen molar-refractivity contribution in [2.24, 2.45) is 11.7 Å². The molecule has 0 bridgehead atoms. The van der Waals surface area contributed by atoms with Crippen LogP contribution in [0.1, 0.15) is 25.3 Å². The van der Waals surface area contributed by atoms with E-state index < -0.39 is 10.0 Å². The van der Waals surface area contributed by atoms with Crippen molar-refractivity contribution in [3.8, 4) is 0 Å². The van der Waals surface area contributed by atoms with Crippen LogP contribution < -0.4 is 15.8 Å². The standard InChI is InChI=1S/C14H20BrN3O3S/c1-8-5-12(17-9(2)19)11(15)6-14(8)22(20,21)18-13(7-16)10-3-4-10/h5-6,10,13,18H,3-4,7,16H2,1-2H3,(H,17,19). The molecule has 6 nitrogen and oxygen atoms in total. The molecule has 0 aliphatic heterocycles. The third-order valence-corrected chi connectivity index (χ3v) is 5.90. The fraction of sp³-hybridized carbons (Fsp3) is 0.500. The van der Waals surface area contributed by atoms with Crippen molar-refractivity contribution >= 4 is 37.5 Å². The number of hydrogen-bond donors (Lipinski definition) is 3. The molecule has 0 saturated heterocycles. The molecule has 1 amide bonds.